The molecule has 0 bridgehead atoms. The van der Waals surface area contributed by atoms with E-state index in [1.165, 1.54) is 0 Å². The number of carbonyl (C=O) groups is 2. The topological polar surface area (TPSA) is 58.6 Å². The molecule has 0 spiro atoms. The normalized spacial score (nSPS) is 11.5. The Kier molecular flexibility index (Phi) is 9.76. The van der Waals surface area contributed by atoms with E-state index < -0.39 is 6.04 Å². The van der Waals surface area contributed by atoms with Crippen LogP contribution < -0.4 is 10.1 Å². The van der Waals surface area contributed by atoms with Gasteiger partial charge >= 0.3 is 0 Å². The van der Waals surface area contributed by atoms with E-state index in [4.69, 9.17) is 4.74 Å². The highest BCUT2D eigenvalue weighted by molar-refractivity contribution is 5.88. The van der Waals surface area contributed by atoms with Crippen LogP contribution in [0.3, 0.4) is 0 Å². The monoisotopic (exact) mass is 396 g/mol. The molecule has 2 amide bonds. The van der Waals surface area contributed by atoms with Crippen LogP contribution >= 0.6 is 0 Å². The Hall–Kier alpha value is -2.82. The highest BCUT2D eigenvalue weighted by Crippen LogP contribution is 2.12. The summed E-state index contributed by atoms with van der Waals surface area (Å²) in [4.78, 5) is 27.4. The summed E-state index contributed by atoms with van der Waals surface area (Å²) in [7, 11) is 0. The average Bonchev–Trinajstić information content (AvgIpc) is 2.76. The van der Waals surface area contributed by atoms with Crippen molar-refractivity contribution in [3.63, 3.8) is 0 Å². The van der Waals surface area contributed by atoms with Gasteiger partial charge in [-0.15, -0.1) is 0 Å². The second kappa shape index (κ2) is 12.6. The van der Waals surface area contributed by atoms with Crippen LogP contribution in [0.2, 0.25) is 0 Å². The molecule has 156 valence electrons. The Morgan fingerprint density at radius 2 is 1.66 bits per heavy atom. The van der Waals surface area contributed by atoms with Crippen LogP contribution in [0, 0.1) is 0 Å². The SMILES string of the molecule is CCCCNC(=O)[C@@H](CC)N(CCc1ccccc1)C(=O)COc1ccccc1. The largest absolute Gasteiger partial charge is 0.484 e. The summed E-state index contributed by atoms with van der Waals surface area (Å²) in [6, 6.07) is 18.8. The number of hydrogen-bond donors (Lipinski definition) is 1. The quantitative estimate of drug-likeness (QED) is 0.555. The van der Waals surface area contributed by atoms with Gasteiger partial charge in [0.1, 0.15) is 11.8 Å². The molecule has 0 radical (unpaired) electrons. The van der Waals surface area contributed by atoms with Crippen molar-refractivity contribution in [2.24, 2.45) is 0 Å². The zero-order chi connectivity index (χ0) is 20.9. The average molecular weight is 397 g/mol. The first kappa shape index (κ1) is 22.5. The molecule has 0 saturated carbocycles. The van der Waals surface area contributed by atoms with Crippen molar-refractivity contribution < 1.29 is 14.3 Å². The molecular weight excluding hydrogens is 364 g/mol. The van der Waals surface area contributed by atoms with Crippen LogP contribution in [0.4, 0.5) is 0 Å². The predicted octanol–water partition coefficient (Wildman–Crippen LogP) is 3.83. The van der Waals surface area contributed by atoms with Crippen LogP contribution in [0.25, 0.3) is 0 Å². The van der Waals surface area contributed by atoms with Crippen molar-refractivity contribution >= 4 is 11.8 Å². The van der Waals surface area contributed by atoms with Crippen molar-refractivity contribution in [1.82, 2.24) is 10.2 Å². The molecule has 0 aromatic heterocycles. The molecule has 2 aromatic rings. The number of amides is 2. The first-order valence-corrected chi connectivity index (χ1v) is 10.4. The first-order chi connectivity index (χ1) is 14.2. The highest BCUT2D eigenvalue weighted by atomic mass is 16.5. The summed E-state index contributed by atoms with van der Waals surface area (Å²) in [5.74, 6) is 0.369. The maximum Gasteiger partial charge on any atom is 0.261 e. The van der Waals surface area contributed by atoms with Crippen LogP contribution in [0.1, 0.15) is 38.7 Å². The minimum atomic E-state index is -0.498. The summed E-state index contributed by atoms with van der Waals surface area (Å²) in [6.45, 7) is 5.04. The molecule has 0 unspecified atom stereocenters. The third kappa shape index (κ3) is 7.60. The Morgan fingerprint density at radius 3 is 2.28 bits per heavy atom. The van der Waals surface area contributed by atoms with Crippen LogP contribution in [0.15, 0.2) is 60.7 Å². The van der Waals surface area contributed by atoms with E-state index in [1.54, 1.807) is 4.90 Å². The first-order valence-electron chi connectivity index (χ1n) is 10.4. The Labute approximate surface area is 174 Å². The maximum atomic E-state index is 13.0. The van der Waals surface area contributed by atoms with Gasteiger partial charge in [-0.2, -0.15) is 0 Å². The molecular formula is C24H32N2O3. The summed E-state index contributed by atoms with van der Waals surface area (Å²) >= 11 is 0. The second-order valence-electron chi connectivity index (χ2n) is 6.99. The maximum absolute atomic E-state index is 13.0. The number of hydrogen-bond acceptors (Lipinski definition) is 3. The highest BCUT2D eigenvalue weighted by Gasteiger charge is 2.28. The zero-order valence-corrected chi connectivity index (χ0v) is 17.5. The zero-order valence-electron chi connectivity index (χ0n) is 17.5. The molecule has 1 N–H and O–H groups in total. The Morgan fingerprint density at radius 1 is 1.00 bits per heavy atom. The van der Waals surface area contributed by atoms with E-state index in [9.17, 15) is 9.59 Å². The molecule has 5 nitrogen and oxygen atoms in total. The van der Waals surface area contributed by atoms with Gasteiger partial charge in [0, 0.05) is 13.1 Å². The van der Waals surface area contributed by atoms with Gasteiger partial charge in [0.15, 0.2) is 6.61 Å². The fourth-order valence-electron chi connectivity index (χ4n) is 3.15. The van der Waals surface area contributed by atoms with Gasteiger partial charge in [0.25, 0.3) is 5.91 Å². The van der Waals surface area contributed by atoms with Crippen molar-refractivity contribution in [1.29, 1.82) is 0 Å². The minimum absolute atomic E-state index is 0.0858. The molecule has 0 aliphatic rings. The van der Waals surface area contributed by atoms with E-state index in [-0.39, 0.29) is 18.4 Å². The van der Waals surface area contributed by atoms with E-state index in [1.807, 2.05) is 67.6 Å². The van der Waals surface area contributed by atoms with E-state index in [0.29, 0.717) is 31.7 Å². The Bertz CT molecular complexity index is 734. The number of carbonyl (C=O) groups excluding carboxylic acids is 2. The van der Waals surface area contributed by atoms with Gasteiger partial charge in [0.2, 0.25) is 5.91 Å². The molecule has 2 aromatic carbocycles. The molecule has 0 saturated heterocycles. The van der Waals surface area contributed by atoms with Crippen molar-refractivity contribution in [3.8, 4) is 5.75 Å². The molecule has 0 fully saturated rings. The fourth-order valence-corrected chi connectivity index (χ4v) is 3.15. The van der Waals surface area contributed by atoms with Gasteiger partial charge in [-0.25, -0.2) is 0 Å². The van der Waals surface area contributed by atoms with E-state index >= 15 is 0 Å². The van der Waals surface area contributed by atoms with Gasteiger partial charge in [-0.05, 0) is 37.0 Å². The molecule has 29 heavy (non-hydrogen) atoms. The number of nitrogens with zero attached hydrogens (tertiary/aromatic N) is 1. The lowest BCUT2D eigenvalue weighted by Crippen LogP contribution is -2.51. The molecule has 0 aliphatic carbocycles. The summed E-state index contributed by atoms with van der Waals surface area (Å²) in [5, 5.41) is 2.97. The van der Waals surface area contributed by atoms with Gasteiger partial charge < -0.3 is 15.0 Å². The summed E-state index contributed by atoms with van der Waals surface area (Å²) in [6.07, 6.45) is 3.19. The van der Waals surface area contributed by atoms with E-state index in [2.05, 4.69) is 12.2 Å². The van der Waals surface area contributed by atoms with Gasteiger partial charge in [0.05, 0.1) is 0 Å². The summed E-state index contributed by atoms with van der Waals surface area (Å²) in [5.41, 5.74) is 1.13. The Balaban J connectivity index is 2.07. The third-order valence-corrected chi connectivity index (χ3v) is 4.81. The predicted molar refractivity (Wildman–Crippen MR) is 116 cm³/mol. The van der Waals surface area contributed by atoms with Crippen LogP contribution in [-0.4, -0.2) is 42.5 Å². The number of ether oxygens (including phenoxy) is 1. The van der Waals surface area contributed by atoms with E-state index in [0.717, 1.165) is 18.4 Å². The van der Waals surface area contributed by atoms with Crippen molar-refractivity contribution in [2.45, 2.75) is 45.6 Å². The summed E-state index contributed by atoms with van der Waals surface area (Å²) < 4.78 is 5.65. The lowest BCUT2D eigenvalue weighted by Gasteiger charge is -2.30. The number of benzene rings is 2. The lowest BCUT2D eigenvalue weighted by molar-refractivity contribution is -0.142. The lowest BCUT2D eigenvalue weighted by atomic mass is 10.1. The van der Waals surface area contributed by atoms with Crippen LogP contribution in [0.5, 0.6) is 5.75 Å². The van der Waals surface area contributed by atoms with Gasteiger partial charge in [-0.3, -0.25) is 9.59 Å². The van der Waals surface area contributed by atoms with Crippen molar-refractivity contribution in [3.05, 3.63) is 66.2 Å². The molecule has 5 heteroatoms. The molecule has 1 atom stereocenters. The third-order valence-electron chi connectivity index (χ3n) is 4.81. The number of unbranched alkanes of at least 4 members (excludes halogenated alkanes) is 1. The standard InChI is InChI=1S/C24H32N2O3/c1-3-5-17-25-24(28)22(4-2)26(18-16-20-12-8-6-9-13-20)23(27)19-29-21-14-10-7-11-15-21/h6-15,22H,3-5,16-19H2,1-2H3,(H,25,28)/t22-/m1/s1. The number of rotatable bonds is 12. The molecule has 0 aliphatic heterocycles. The molecule has 0 heterocycles. The molecule has 2 rings (SSSR count). The van der Waals surface area contributed by atoms with Crippen LogP contribution in [-0.2, 0) is 16.0 Å². The minimum Gasteiger partial charge on any atom is -0.484 e. The number of para-hydroxylation sites is 1. The smallest absolute Gasteiger partial charge is 0.261 e. The second-order valence-corrected chi connectivity index (χ2v) is 6.99. The fraction of sp³-hybridized carbons (Fsp3) is 0.417. The van der Waals surface area contributed by atoms with Crippen molar-refractivity contribution in [2.75, 3.05) is 19.7 Å². The van der Waals surface area contributed by atoms with Gasteiger partial charge in [-0.1, -0.05) is 68.8 Å². The number of nitrogens with one attached hydrogen (secondary N) is 1.